The second-order valence-electron chi connectivity index (χ2n) is 7.86. The summed E-state index contributed by atoms with van der Waals surface area (Å²) in [5.74, 6) is 1.84. The van der Waals surface area contributed by atoms with Gasteiger partial charge in [0.25, 0.3) is 0 Å². The van der Waals surface area contributed by atoms with E-state index in [1.165, 1.54) is 0 Å². The molecule has 0 aliphatic carbocycles. The lowest BCUT2D eigenvalue weighted by Gasteiger charge is -2.34. The highest BCUT2D eigenvalue weighted by Crippen LogP contribution is 2.27. The highest BCUT2D eigenvalue weighted by atomic mass is 15.3. The molecule has 29 heavy (non-hydrogen) atoms. The number of nitrogens with one attached hydrogen (secondary N) is 1. The molecule has 0 bridgehead atoms. The van der Waals surface area contributed by atoms with Gasteiger partial charge < -0.3 is 20.0 Å². The zero-order chi connectivity index (χ0) is 19.6. The summed E-state index contributed by atoms with van der Waals surface area (Å²) in [5, 5.41) is 4.54. The Labute approximate surface area is 171 Å². The van der Waals surface area contributed by atoms with Gasteiger partial charge in [-0.25, -0.2) is 4.98 Å². The minimum atomic E-state index is 0.825. The Kier molecular flexibility index (Phi) is 4.99. The fraction of sp³-hybridized carbons (Fsp3) is 0.409. The molecule has 7 heteroatoms. The van der Waals surface area contributed by atoms with Gasteiger partial charge in [-0.15, -0.1) is 0 Å². The number of hydrogen-bond acceptors (Lipinski definition) is 7. The number of hydrogen-bond donors (Lipinski definition) is 1. The Bertz CT molecular complexity index is 991. The number of nitrogens with zero attached hydrogens (tertiary/aromatic N) is 6. The molecule has 1 aromatic carbocycles. The number of piperazine rings is 2. The summed E-state index contributed by atoms with van der Waals surface area (Å²) in [6.07, 6.45) is 1.93. The summed E-state index contributed by atoms with van der Waals surface area (Å²) in [6.45, 7) is 7.89. The van der Waals surface area contributed by atoms with E-state index < -0.39 is 0 Å². The van der Waals surface area contributed by atoms with Gasteiger partial charge in [0.05, 0.1) is 11.2 Å². The van der Waals surface area contributed by atoms with Gasteiger partial charge in [-0.2, -0.15) is 4.98 Å². The smallest absolute Gasteiger partial charge is 0.227 e. The Morgan fingerprint density at radius 1 is 0.862 bits per heavy atom. The van der Waals surface area contributed by atoms with Crippen LogP contribution in [0.15, 0.2) is 42.6 Å². The lowest BCUT2D eigenvalue weighted by atomic mass is 10.1. The second kappa shape index (κ2) is 7.93. The van der Waals surface area contributed by atoms with E-state index in [-0.39, 0.29) is 0 Å². The van der Waals surface area contributed by atoms with Gasteiger partial charge >= 0.3 is 0 Å². The van der Waals surface area contributed by atoms with Gasteiger partial charge in [-0.3, -0.25) is 4.98 Å². The second-order valence-corrected chi connectivity index (χ2v) is 7.86. The van der Waals surface area contributed by atoms with E-state index in [0.717, 1.165) is 86.3 Å². The van der Waals surface area contributed by atoms with Gasteiger partial charge in [0.1, 0.15) is 5.82 Å². The number of aromatic nitrogens is 3. The van der Waals surface area contributed by atoms with Crippen molar-refractivity contribution in [3.63, 3.8) is 0 Å². The zero-order valence-electron chi connectivity index (χ0n) is 16.9. The summed E-state index contributed by atoms with van der Waals surface area (Å²) in [7, 11) is 2.18. The Morgan fingerprint density at radius 3 is 2.48 bits per heavy atom. The topological polar surface area (TPSA) is 60.4 Å². The number of likely N-dealkylation sites (N-methyl/N-ethyl adjacent to an activating group) is 1. The predicted octanol–water partition coefficient (Wildman–Crippen LogP) is 1.85. The van der Waals surface area contributed by atoms with Crippen LogP contribution in [0.1, 0.15) is 0 Å². The Balaban J connectivity index is 1.56. The maximum absolute atomic E-state index is 4.97. The SMILES string of the molecule is CN1CCN(c2cc(-c3cnc4ccccc4c3)nc(N3CCNCC3)n2)CC1. The third kappa shape index (κ3) is 3.88. The molecule has 0 atom stereocenters. The first-order valence-corrected chi connectivity index (χ1v) is 10.4. The summed E-state index contributed by atoms with van der Waals surface area (Å²) in [6, 6.07) is 12.5. The van der Waals surface area contributed by atoms with Crippen LogP contribution in [0.5, 0.6) is 0 Å². The van der Waals surface area contributed by atoms with Gasteiger partial charge in [-0.1, -0.05) is 18.2 Å². The molecule has 3 aromatic rings. The average molecular weight is 390 g/mol. The van der Waals surface area contributed by atoms with E-state index in [1.54, 1.807) is 0 Å². The molecule has 2 aliphatic heterocycles. The highest BCUT2D eigenvalue weighted by molar-refractivity contribution is 5.83. The zero-order valence-corrected chi connectivity index (χ0v) is 16.9. The molecule has 0 saturated carbocycles. The van der Waals surface area contributed by atoms with Crippen molar-refractivity contribution < 1.29 is 0 Å². The molecule has 2 aliphatic rings. The third-order valence-electron chi connectivity index (χ3n) is 5.81. The van der Waals surface area contributed by atoms with Crippen LogP contribution in [-0.4, -0.2) is 79.3 Å². The standard InChI is InChI=1S/C22H27N7/c1-27-10-12-28(13-11-27)21-15-20(25-22(26-21)29-8-6-23-7-9-29)18-14-17-4-2-3-5-19(17)24-16-18/h2-5,14-16,23H,6-13H2,1H3. The maximum Gasteiger partial charge on any atom is 0.227 e. The maximum atomic E-state index is 4.97. The van der Waals surface area contributed by atoms with E-state index in [1.807, 2.05) is 18.3 Å². The molecule has 150 valence electrons. The molecule has 0 amide bonds. The van der Waals surface area contributed by atoms with Crippen molar-refractivity contribution in [2.24, 2.45) is 0 Å². The van der Waals surface area contributed by atoms with Gasteiger partial charge in [0, 0.05) is 75.6 Å². The van der Waals surface area contributed by atoms with Crippen LogP contribution in [0.3, 0.4) is 0 Å². The van der Waals surface area contributed by atoms with Crippen molar-refractivity contribution in [3.8, 4) is 11.3 Å². The van der Waals surface area contributed by atoms with Crippen LogP contribution < -0.4 is 15.1 Å². The number of benzene rings is 1. The number of fused-ring (bicyclic) bond motifs is 1. The molecule has 0 spiro atoms. The Morgan fingerprint density at radius 2 is 1.66 bits per heavy atom. The van der Waals surface area contributed by atoms with E-state index in [0.29, 0.717) is 0 Å². The van der Waals surface area contributed by atoms with Crippen molar-refractivity contribution in [1.29, 1.82) is 0 Å². The Hall–Kier alpha value is -2.77. The van der Waals surface area contributed by atoms with E-state index in [4.69, 9.17) is 9.97 Å². The number of para-hydroxylation sites is 1. The van der Waals surface area contributed by atoms with E-state index in [9.17, 15) is 0 Å². The number of pyridine rings is 1. The minimum Gasteiger partial charge on any atom is -0.354 e. The first-order valence-electron chi connectivity index (χ1n) is 10.4. The molecule has 1 N–H and O–H groups in total. The van der Waals surface area contributed by atoms with Gasteiger partial charge in [0.15, 0.2) is 0 Å². The van der Waals surface area contributed by atoms with Crippen molar-refractivity contribution in [3.05, 3.63) is 42.6 Å². The van der Waals surface area contributed by atoms with Crippen LogP contribution in [0.4, 0.5) is 11.8 Å². The largest absolute Gasteiger partial charge is 0.354 e. The molecular formula is C22H27N7. The third-order valence-corrected chi connectivity index (χ3v) is 5.81. The molecular weight excluding hydrogens is 362 g/mol. The molecule has 2 saturated heterocycles. The molecule has 0 unspecified atom stereocenters. The molecule has 7 nitrogen and oxygen atoms in total. The lowest BCUT2D eigenvalue weighted by Crippen LogP contribution is -2.46. The lowest BCUT2D eigenvalue weighted by molar-refractivity contribution is 0.312. The first kappa shape index (κ1) is 18.3. The highest BCUT2D eigenvalue weighted by Gasteiger charge is 2.20. The summed E-state index contributed by atoms with van der Waals surface area (Å²) >= 11 is 0. The molecule has 5 rings (SSSR count). The molecule has 2 aromatic heterocycles. The fourth-order valence-corrected chi connectivity index (χ4v) is 3.98. The van der Waals surface area contributed by atoms with Gasteiger partial charge in [0.2, 0.25) is 5.95 Å². The van der Waals surface area contributed by atoms with Crippen molar-refractivity contribution in [2.75, 3.05) is 69.2 Å². The monoisotopic (exact) mass is 389 g/mol. The van der Waals surface area contributed by atoms with Crippen LogP contribution >= 0.6 is 0 Å². The average Bonchev–Trinajstić information content (AvgIpc) is 2.79. The normalized spacial score (nSPS) is 18.4. The molecule has 2 fully saturated rings. The van der Waals surface area contributed by atoms with Crippen LogP contribution in [0, 0.1) is 0 Å². The first-order chi connectivity index (χ1) is 14.3. The van der Waals surface area contributed by atoms with Crippen LogP contribution in [0.2, 0.25) is 0 Å². The summed E-state index contributed by atoms with van der Waals surface area (Å²) in [5.41, 5.74) is 2.99. The van der Waals surface area contributed by atoms with Crippen molar-refractivity contribution >= 4 is 22.7 Å². The van der Waals surface area contributed by atoms with E-state index in [2.05, 4.69) is 56.3 Å². The molecule has 4 heterocycles. The molecule has 0 radical (unpaired) electrons. The van der Waals surface area contributed by atoms with Crippen LogP contribution in [0.25, 0.3) is 22.2 Å². The van der Waals surface area contributed by atoms with Crippen molar-refractivity contribution in [2.45, 2.75) is 0 Å². The van der Waals surface area contributed by atoms with E-state index >= 15 is 0 Å². The summed E-state index contributed by atoms with van der Waals surface area (Å²) < 4.78 is 0. The van der Waals surface area contributed by atoms with Crippen molar-refractivity contribution in [1.82, 2.24) is 25.2 Å². The number of anilines is 2. The predicted molar refractivity (Wildman–Crippen MR) is 118 cm³/mol. The minimum absolute atomic E-state index is 0.825. The number of rotatable bonds is 3. The van der Waals surface area contributed by atoms with Crippen LogP contribution in [-0.2, 0) is 0 Å². The summed E-state index contributed by atoms with van der Waals surface area (Å²) in [4.78, 5) is 21.6. The quantitative estimate of drug-likeness (QED) is 0.734. The van der Waals surface area contributed by atoms with Gasteiger partial charge in [-0.05, 0) is 19.2 Å². The fourth-order valence-electron chi connectivity index (χ4n) is 3.98.